The Morgan fingerprint density at radius 1 is 1.14 bits per heavy atom. The monoisotopic (exact) mass is 299 g/mol. The highest BCUT2D eigenvalue weighted by atomic mass is 16.3. The Kier molecular flexibility index (Phi) is 2.78. The van der Waals surface area contributed by atoms with Crippen molar-refractivity contribution in [1.82, 2.24) is 4.90 Å². The van der Waals surface area contributed by atoms with E-state index in [-0.39, 0.29) is 5.41 Å². The maximum Gasteiger partial charge on any atom is 0.228 e. The Hall–Kier alpha value is -1.25. The van der Waals surface area contributed by atoms with E-state index in [2.05, 4.69) is 11.0 Å². The second-order valence-corrected chi connectivity index (χ2v) is 8.45. The molecule has 0 aromatic carbocycles. The van der Waals surface area contributed by atoms with Gasteiger partial charge in [0.15, 0.2) is 0 Å². The lowest BCUT2D eigenvalue weighted by Gasteiger charge is -2.56. The number of carbonyl (C=O) groups excluding carboxylic acids is 1. The molecule has 22 heavy (non-hydrogen) atoms. The molecule has 0 radical (unpaired) electrons. The Balaban J connectivity index is 1.35. The molecule has 2 heterocycles. The molecule has 1 unspecified atom stereocenters. The summed E-state index contributed by atoms with van der Waals surface area (Å²) >= 11 is 0. The van der Waals surface area contributed by atoms with Crippen LogP contribution in [0.2, 0.25) is 0 Å². The van der Waals surface area contributed by atoms with Crippen molar-refractivity contribution in [2.75, 3.05) is 13.1 Å². The first-order valence-corrected chi connectivity index (χ1v) is 9.05. The summed E-state index contributed by atoms with van der Waals surface area (Å²) in [5.74, 6) is 4.49. The van der Waals surface area contributed by atoms with Crippen LogP contribution in [0, 0.1) is 23.2 Å². The molecule has 1 amide bonds. The highest BCUT2D eigenvalue weighted by Crippen LogP contribution is 2.60. The number of carbonyl (C=O) groups is 1. The van der Waals surface area contributed by atoms with Crippen molar-refractivity contribution in [3.05, 3.63) is 24.2 Å². The fraction of sp³-hybridized carbons (Fsp3) is 0.737. The van der Waals surface area contributed by atoms with Gasteiger partial charge in [-0.25, -0.2) is 0 Å². The SMILES string of the molecule is O=C(N1CCC(c2ccco2)C1)C12CC3CC(CC(C3)C1)C2. The highest BCUT2D eigenvalue weighted by Gasteiger charge is 2.56. The molecule has 5 aliphatic rings. The molecule has 6 rings (SSSR count). The number of likely N-dealkylation sites (tertiary alicyclic amines) is 1. The van der Waals surface area contributed by atoms with Crippen LogP contribution in [-0.2, 0) is 4.79 Å². The zero-order valence-corrected chi connectivity index (χ0v) is 13.2. The van der Waals surface area contributed by atoms with Gasteiger partial charge < -0.3 is 9.32 Å². The first-order valence-electron chi connectivity index (χ1n) is 9.05. The smallest absolute Gasteiger partial charge is 0.228 e. The Labute approximate surface area is 132 Å². The molecule has 118 valence electrons. The van der Waals surface area contributed by atoms with Crippen LogP contribution in [0.15, 0.2) is 22.8 Å². The average molecular weight is 299 g/mol. The van der Waals surface area contributed by atoms with Gasteiger partial charge in [-0.05, 0) is 74.8 Å². The van der Waals surface area contributed by atoms with E-state index in [1.54, 1.807) is 6.26 Å². The fourth-order valence-electron chi connectivity index (χ4n) is 6.41. The van der Waals surface area contributed by atoms with Crippen LogP contribution in [0.3, 0.4) is 0 Å². The molecule has 4 aliphatic carbocycles. The lowest BCUT2D eigenvalue weighted by Crippen LogP contribution is -2.54. The summed E-state index contributed by atoms with van der Waals surface area (Å²) in [4.78, 5) is 15.5. The van der Waals surface area contributed by atoms with Gasteiger partial charge in [0.1, 0.15) is 5.76 Å². The van der Waals surface area contributed by atoms with Crippen molar-refractivity contribution in [3.8, 4) is 0 Å². The summed E-state index contributed by atoms with van der Waals surface area (Å²) in [6.07, 6.45) is 10.6. The van der Waals surface area contributed by atoms with Gasteiger partial charge in [-0.3, -0.25) is 4.79 Å². The molecule has 4 saturated carbocycles. The molecule has 4 bridgehead atoms. The molecule has 1 aromatic heterocycles. The normalized spacial score (nSPS) is 43.0. The van der Waals surface area contributed by atoms with Gasteiger partial charge in [0.25, 0.3) is 0 Å². The number of furan rings is 1. The molecule has 0 spiro atoms. The van der Waals surface area contributed by atoms with Crippen LogP contribution >= 0.6 is 0 Å². The van der Waals surface area contributed by atoms with Gasteiger partial charge in [-0.2, -0.15) is 0 Å². The third-order valence-corrected chi connectivity index (χ3v) is 6.91. The minimum Gasteiger partial charge on any atom is -0.469 e. The van der Waals surface area contributed by atoms with E-state index in [4.69, 9.17) is 4.42 Å². The fourth-order valence-corrected chi connectivity index (χ4v) is 6.41. The molecular formula is C19H25NO2. The largest absolute Gasteiger partial charge is 0.469 e. The lowest BCUT2D eigenvalue weighted by molar-refractivity contribution is -0.156. The van der Waals surface area contributed by atoms with Crippen LogP contribution in [-0.4, -0.2) is 23.9 Å². The van der Waals surface area contributed by atoms with Crippen LogP contribution in [0.4, 0.5) is 0 Å². The molecule has 5 fully saturated rings. The van der Waals surface area contributed by atoms with E-state index in [1.165, 1.54) is 38.5 Å². The Morgan fingerprint density at radius 3 is 2.41 bits per heavy atom. The van der Waals surface area contributed by atoms with Crippen LogP contribution < -0.4 is 0 Å². The molecular weight excluding hydrogens is 274 g/mol. The second-order valence-electron chi connectivity index (χ2n) is 8.45. The third kappa shape index (κ3) is 1.90. The zero-order chi connectivity index (χ0) is 14.7. The summed E-state index contributed by atoms with van der Waals surface area (Å²) < 4.78 is 5.56. The topological polar surface area (TPSA) is 33.5 Å². The van der Waals surface area contributed by atoms with Gasteiger partial charge in [-0.15, -0.1) is 0 Å². The van der Waals surface area contributed by atoms with Gasteiger partial charge >= 0.3 is 0 Å². The first-order chi connectivity index (χ1) is 10.7. The van der Waals surface area contributed by atoms with Crippen molar-refractivity contribution in [2.24, 2.45) is 23.2 Å². The summed E-state index contributed by atoms with van der Waals surface area (Å²) in [7, 11) is 0. The highest BCUT2D eigenvalue weighted by molar-refractivity contribution is 5.83. The van der Waals surface area contributed by atoms with Crippen molar-refractivity contribution in [2.45, 2.75) is 50.9 Å². The molecule has 1 aliphatic heterocycles. The minimum atomic E-state index is 0.0206. The zero-order valence-electron chi connectivity index (χ0n) is 13.2. The van der Waals surface area contributed by atoms with Crippen molar-refractivity contribution < 1.29 is 9.21 Å². The molecule has 1 saturated heterocycles. The number of rotatable bonds is 2. The summed E-state index contributed by atoms with van der Waals surface area (Å²) in [6.45, 7) is 1.79. The van der Waals surface area contributed by atoms with Crippen molar-refractivity contribution in [3.63, 3.8) is 0 Å². The van der Waals surface area contributed by atoms with Crippen LogP contribution in [0.1, 0.15) is 56.6 Å². The van der Waals surface area contributed by atoms with E-state index in [0.717, 1.165) is 43.0 Å². The molecule has 0 N–H and O–H groups in total. The van der Waals surface area contributed by atoms with Crippen molar-refractivity contribution in [1.29, 1.82) is 0 Å². The number of hydrogen-bond donors (Lipinski definition) is 0. The predicted molar refractivity (Wildman–Crippen MR) is 83.3 cm³/mol. The minimum absolute atomic E-state index is 0.0206. The predicted octanol–water partition coefficient (Wildman–Crippen LogP) is 3.81. The number of hydrogen-bond acceptors (Lipinski definition) is 2. The second kappa shape index (κ2) is 4.62. The Bertz CT molecular complexity index is 541. The number of amides is 1. The summed E-state index contributed by atoms with van der Waals surface area (Å²) in [5, 5.41) is 0. The standard InChI is InChI=1S/C19H25NO2/c21-18(20-4-3-16(12-20)17-2-1-5-22-17)19-9-13-6-14(10-19)8-15(7-13)11-19/h1-2,5,13-16H,3-4,6-12H2. The first kappa shape index (κ1) is 13.2. The van der Waals surface area contributed by atoms with Crippen LogP contribution in [0.25, 0.3) is 0 Å². The van der Waals surface area contributed by atoms with Gasteiger partial charge in [0.2, 0.25) is 5.91 Å². The summed E-state index contributed by atoms with van der Waals surface area (Å²) in [5.41, 5.74) is 0.0206. The molecule has 1 aromatic rings. The van der Waals surface area contributed by atoms with Gasteiger partial charge in [-0.1, -0.05) is 0 Å². The third-order valence-electron chi connectivity index (χ3n) is 6.91. The number of nitrogens with zero attached hydrogens (tertiary/aromatic N) is 1. The van der Waals surface area contributed by atoms with E-state index in [9.17, 15) is 4.79 Å². The maximum absolute atomic E-state index is 13.3. The quantitative estimate of drug-likeness (QED) is 0.832. The van der Waals surface area contributed by atoms with Gasteiger partial charge in [0.05, 0.1) is 11.7 Å². The molecule has 1 atom stereocenters. The van der Waals surface area contributed by atoms with Crippen LogP contribution in [0.5, 0.6) is 0 Å². The van der Waals surface area contributed by atoms with Crippen molar-refractivity contribution >= 4 is 5.91 Å². The Morgan fingerprint density at radius 2 is 1.82 bits per heavy atom. The van der Waals surface area contributed by atoms with E-state index in [0.29, 0.717) is 11.8 Å². The summed E-state index contributed by atoms with van der Waals surface area (Å²) in [6, 6.07) is 4.02. The van der Waals surface area contributed by atoms with E-state index >= 15 is 0 Å². The lowest BCUT2D eigenvalue weighted by atomic mass is 9.49. The average Bonchev–Trinajstić information content (AvgIpc) is 3.16. The van der Waals surface area contributed by atoms with Gasteiger partial charge in [0, 0.05) is 19.0 Å². The molecule has 3 nitrogen and oxygen atoms in total. The molecule has 3 heteroatoms. The van der Waals surface area contributed by atoms with E-state index in [1.807, 2.05) is 6.07 Å². The van der Waals surface area contributed by atoms with E-state index < -0.39 is 0 Å². The maximum atomic E-state index is 13.3.